The Morgan fingerprint density at radius 3 is 1.74 bits per heavy atom. The Morgan fingerprint density at radius 1 is 0.413 bits per heavy atom. The summed E-state index contributed by atoms with van der Waals surface area (Å²) in [6.45, 7) is 0. The molecule has 0 spiro atoms. The summed E-state index contributed by atoms with van der Waals surface area (Å²) >= 11 is 0. The summed E-state index contributed by atoms with van der Waals surface area (Å²) in [5.74, 6) is 0.709. The molecule has 0 saturated heterocycles. The average Bonchev–Trinajstić information content (AvgIpc) is 3.72. The van der Waals surface area contributed by atoms with E-state index in [1.54, 1.807) is 0 Å². The third-order valence-corrected chi connectivity index (χ3v) is 8.63. The van der Waals surface area contributed by atoms with E-state index in [1.807, 2.05) is 65.5 Å². The van der Waals surface area contributed by atoms with Gasteiger partial charge in [-0.3, -0.25) is 0 Å². The van der Waals surface area contributed by atoms with Crippen LogP contribution in [0.3, 0.4) is 0 Å². The molecule has 6 aromatic carbocycles. The molecule has 0 fully saturated rings. The van der Waals surface area contributed by atoms with Crippen molar-refractivity contribution in [2.24, 2.45) is 0 Å². The van der Waals surface area contributed by atoms with Crippen LogP contribution in [-0.4, -0.2) is 24.3 Å². The van der Waals surface area contributed by atoms with Gasteiger partial charge in [-0.25, -0.2) is 14.6 Å². The number of aromatic nitrogens is 5. The van der Waals surface area contributed by atoms with Crippen molar-refractivity contribution in [3.63, 3.8) is 0 Å². The van der Waals surface area contributed by atoms with Crippen molar-refractivity contribution in [3.05, 3.63) is 164 Å². The average molecular weight is 590 g/mol. The molecule has 0 aliphatic heterocycles. The zero-order chi connectivity index (χ0) is 30.5. The van der Waals surface area contributed by atoms with Crippen LogP contribution < -0.4 is 0 Å². The minimum absolute atomic E-state index is 0.709. The number of hydrogen-bond donors (Lipinski definition) is 0. The normalized spacial score (nSPS) is 11.5. The first-order chi connectivity index (χ1) is 22.8. The fourth-order valence-corrected chi connectivity index (χ4v) is 6.45. The standard InChI is InChI=1S/C41H27N5/c1-4-12-28(13-5-1)36-26-37(44-41(43-36)30-14-6-2-7-15-30)29-20-22-31(23-21-29)45-38-19-11-10-18-33(38)34-24-25-39-35(40(34)45)27-42-46(39)32-16-8-3-9-17-32/h1-27H. The van der Waals surface area contributed by atoms with Gasteiger partial charge in [0, 0.05) is 38.5 Å². The molecule has 3 aromatic heterocycles. The van der Waals surface area contributed by atoms with E-state index in [2.05, 4.69) is 108 Å². The lowest BCUT2D eigenvalue weighted by Gasteiger charge is -2.12. The molecule has 0 bridgehead atoms. The molecule has 0 saturated carbocycles. The Hall–Kier alpha value is -6.33. The molecule has 5 heteroatoms. The number of hydrogen-bond acceptors (Lipinski definition) is 3. The summed E-state index contributed by atoms with van der Waals surface area (Å²) < 4.78 is 4.38. The van der Waals surface area contributed by atoms with Crippen LogP contribution >= 0.6 is 0 Å². The van der Waals surface area contributed by atoms with Gasteiger partial charge in [0.1, 0.15) is 0 Å². The Labute approximate surface area is 265 Å². The summed E-state index contributed by atoms with van der Waals surface area (Å²) in [4.78, 5) is 9.99. The van der Waals surface area contributed by atoms with Crippen molar-refractivity contribution in [1.29, 1.82) is 0 Å². The van der Waals surface area contributed by atoms with Crippen LogP contribution in [0.1, 0.15) is 0 Å². The van der Waals surface area contributed by atoms with Crippen molar-refractivity contribution < 1.29 is 0 Å². The Morgan fingerprint density at radius 2 is 1.02 bits per heavy atom. The zero-order valence-corrected chi connectivity index (χ0v) is 24.8. The van der Waals surface area contributed by atoms with E-state index in [0.717, 1.165) is 61.4 Å². The number of benzene rings is 6. The van der Waals surface area contributed by atoms with Gasteiger partial charge < -0.3 is 4.57 Å². The minimum Gasteiger partial charge on any atom is -0.309 e. The number of rotatable bonds is 5. The largest absolute Gasteiger partial charge is 0.309 e. The van der Waals surface area contributed by atoms with Gasteiger partial charge in [0.15, 0.2) is 5.82 Å². The van der Waals surface area contributed by atoms with Crippen molar-refractivity contribution in [2.75, 3.05) is 0 Å². The van der Waals surface area contributed by atoms with Crippen LogP contribution in [0.25, 0.3) is 78.0 Å². The molecule has 3 heterocycles. The molecular formula is C41H27N5. The van der Waals surface area contributed by atoms with E-state index >= 15 is 0 Å². The number of nitrogens with zero attached hydrogens (tertiary/aromatic N) is 5. The molecule has 0 aliphatic carbocycles. The lowest BCUT2D eigenvalue weighted by Crippen LogP contribution is -1.97. The fraction of sp³-hybridized carbons (Fsp3) is 0. The number of fused-ring (bicyclic) bond motifs is 5. The highest BCUT2D eigenvalue weighted by molar-refractivity contribution is 6.18. The summed E-state index contributed by atoms with van der Waals surface area (Å²) in [6.07, 6.45) is 1.99. The predicted octanol–water partition coefficient (Wildman–Crippen LogP) is 9.91. The van der Waals surface area contributed by atoms with Gasteiger partial charge in [-0.2, -0.15) is 5.10 Å². The molecule has 0 atom stereocenters. The monoisotopic (exact) mass is 589 g/mol. The summed E-state index contributed by atoms with van der Waals surface area (Å²) in [7, 11) is 0. The molecule has 0 N–H and O–H groups in total. The quantitative estimate of drug-likeness (QED) is 0.201. The molecule has 5 nitrogen and oxygen atoms in total. The third kappa shape index (κ3) is 4.29. The first-order valence-electron chi connectivity index (χ1n) is 15.4. The molecule has 0 amide bonds. The van der Waals surface area contributed by atoms with Crippen LogP contribution in [0.5, 0.6) is 0 Å². The second kappa shape index (κ2) is 10.7. The molecular weight excluding hydrogens is 562 g/mol. The second-order valence-corrected chi connectivity index (χ2v) is 11.4. The van der Waals surface area contributed by atoms with E-state index in [0.29, 0.717) is 5.82 Å². The summed E-state index contributed by atoms with van der Waals surface area (Å²) in [5, 5.41) is 8.36. The topological polar surface area (TPSA) is 48.5 Å². The third-order valence-electron chi connectivity index (χ3n) is 8.63. The molecule has 0 radical (unpaired) electrons. The number of para-hydroxylation sites is 2. The first kappa shape index (κ1) is 26.1. The summed E-state index contributed by atoms with van der Waals surface area (Å²) in [6, 6.07) is 54.6. The lowest BCUT2D eigenvalue weighted by molar-refractivity contribution is 0.911. The Kier molecular flexibility index (Phi) is 6.06. The first-order valence-corrected chi connectivity index (χ1v) is 15.4. The van der Waals surface area contributed by atoms with Crippen LogP contribution in [-0.2, 0) is 0 Å². The highest BCUT2D eigenvalue weighted by Gasteiger charge is 2.18. The second-order valence-electron chi connectivity index (χ2n) is 11.4. The molecule has 0 aliphatic rings. The van der Waals surface area contributed by atoms with Crippen LogP contribution in [0.4, 0.5) is 0 Å². The van der Waals surface area contributed by atoms with E-state index in [1.165, 1.54) is 10.8 Å². The van der Waals surface area contributed by atoms with Crippen LogP contribution in [0.2, 0.25) is 0 Å². The van der Waals surface area contributed by atoms with Crippen LogP contribution in [0, 0.1) is 0 Å². The highest BCUT2D eigenvalue weighted by atomic mass is 15.3. The van der Waals surface area contributed by atoms with E-state index in [9.17, 15) is 0 Å². The molecule has 216 valence electrons. The van der Waals surface area contributed by atoms with Crippen molar-refractivity contribution in [3.8, 4) is 45.3 Å². The molecule has 0 unspecified atom stereocenters. The van der Waals surface area contributed by atoms with Crippen molar-refractivity contribution in [1.82, 2.24) is 24.3 Å². The predicted molar refractivity (Wildman–Crippen MR) is 187 cm³/mol. The van der Waals surface area contributed by atoms with Crippen molar-refractivity contribution >= 4 is 32.7 Å². The summed E-state index contributed by atoms with van der Waals surface area (Å²) in [5.41, 5.74) is 10.4. The van der Waals surface area contributed by atoms with Gasteiger partial charge >= 0.3 is 0 Å². The van der Waals surface area contributed by atoms with Crippen LogP contribution in [0.15, 0.2) is 164 Å². The zero-order valence-electron chi connectivity index (χ0n) is 24.8. The Bertz CT molecular complexity index is 2440. The van der Waals surface area contributed by atoms with Crippen molar-refractivity contribution in [2.45, 2.75) is 0 Å². The maximum absolute atomic E-state index is 5.04. The van der Waals surface area contributed by atoms with Gasteiger partial charge in [-0.15, -0.1) is 0 Å². The molecule has 46 heavy (non-hydrogen) atoms. The van der Waals surface area contributed by atoms with E-state index < -0.39 is 0 Å². The highest BCUT2D eigenvalue weighted by Crippen LogP contribution is 2.37. The van der Waals surface area contributed by atoms with Gasteiger partial charge in [0.05, 0.1) is 39.8 Å². The van der Waals surface area contributed by atoms with Gasteiger partial charge in [0.2, 0.25) is 0 Å². The molecule has 9 aromatic rings. The van der Waals surface area contributed by atoms with Gasteiger partial charge in [0.25, 0.3) is 0 Å². The van der Waals surface area contributed by atoms with Gasteiger partial charge in [-0.1, -0.05) is 109 Å². The van der Waals surface area contributed by atoms with E-state index in [4.69, 9.17) is 15.1 Å². The maximum Gasteiger partial charge on any atom is 0.160 e. The SMILES string of the molecule is c1ccc(-c2cc(-c3ccc(-n4c5ccccc5c5ccc6c(cnn6-c6ccccc6)c54)cc3)nc(-c3ccccc3)n2)cc1. The minimum atomic E-state index is 0.709. The van der Waals surface area contributed by atoms with Gasteiger partial charge in [-0.05, 0) is 48.5 Å². The fourth-order valence-electron chi connectivity index (χ4n) is 6.45. The molecule has 9 rings (SSSR count). The lowest BCUT2D eigenvalue weighted by atomic mass is 10.1. The van der Waals surface area contributed by atoms with E-state index in [-0.39, 0.29) is 0 Å². The smallest absolute Gasteiger partial charge is 0.160 e. The maximum atomic E-state index is 5.04. The Balaban J connectivity index is 1.21.